The summed E-state index contributed by atoms with van der Waals surface area (Å²) >= 11 is 0. The van der Waals surface area contributed by atoms with E-state index in [-0.39, 0.29) is 24.8 Å². The Bertz CT molecular complexity index is 728. The number of rotatable bonds is 5. The van der Waals surface area contributed by atoms with E-state index >= 15 is 0 Å². The monoisotopic (exact) mass is 398 g/mol. The number of H-pyrrole nitrogens is 1. The molecule has 0 saturated heterocycles. The molecule has 1 saturated carbocycles. The molecule has 2 aromatic rings. The number of anilines is 1. The Morgan fingerprint density at radius 3 is 2.62 bits per heavy atom. The number of nitrogens with one attached hydrogen (secondary N) is 2. The second-order valence-corrected chi connectivity index (χ2v) is 7.16. The van der Waals surface area contributed by atoms with Crippen molar-refractivity contribution in [3.8, 4) is 0 Å². The summed E-state index contributed by atoms with van der Waals surface area (Å²) in [6, 6.07) is 0. The normalized spacial score (nSPS) is 16.1. The lowest BCUT2D eigenvalue weighted by Gasteiger charge is -2.22. The summed E-state index contributed by atoms with van der Waals surface area (Å²) in [5.41, 5.74) is 3.65. The van der Waals surface area contributed by atoms with Gasteiger partial charge < -0.3 is 15.2 Å². The van der Waals surface area contributed by atoms with Gasteiger partial charge in [0.15, 0.2) is 0 Å². The summed E-state index contributed by atoms with van der Waals surface area (Å²) in [4.78, 5) is 19.8. The van der Waals surface area contributed by atoms with Crippen LogP contribution in [0, 0.1) is 12.8 Å². The lowest BCUT2D eigenvalue weighted by molar-refractivity contribution is 0.706. The van der Waals surface area contributed by atoms with E-state index in [0.29, 0.717) is 0 Å². The van der Waals surface area contributed by atoms with Crippen molar-refractivity contribution in [1.29, 1.82) is 0 Å². The molecule has 1 aliphatic carbocycles. The molecule has 0 aromatic carbocycles. The zero-order valence-corrected chi connectivity index (χ0v) is 17.0. The fourth-order valence-electron chi connectivity index (χ4n) is 3.41. The van der Waals surface area contributed by atoms with Crippen LogP contribution in [0.25, 0.3) is 0 Å². The molecule has 26 heavy (non-hydrogen) atoms. The van der Waals surface area contributed by atoms with Crippen LogP contribution in [0.2, 0.25) is 0 Å². The van der Waals surface area contributed by atoms with Crippen LogP contribution in [0.15, 0.2) is 6.20 Å². The zero-order chi connectivity index (χ0) is 16.5. The van der Waals surface area contributed by atoms with Gasteiger partial charge in [0, 0.05) is 43.9 Å². The largest absolute Gasteiger partial charge is 0.352 e. The SMILES string of the molecule is Cc1cnc(CN(C)c2nc(CC3CC3)nc3c2CCNCC3)[nH]1.Cl.Cl. The molecular weight excluding hydrogens is 371 g/mol. The summed E-state index contributed by atoms with van der Waals surface area (Å²) in [5.74, 6) is 3.90. The Morgan fingerprint density at radius 2 is 1.92 bits per heavy atom. The Kier molecular flexibility index (Phi) is 7.26. The van der Waals surface area contributed by atoms with Crippen LogP contribution < -0.4 is 10.2 Å². The van der Waals surface area contributed by atoms with E-state index in [1.165, 1.54) is 24.1 Å². The Morgan fingerprint density at radius 1 is 1.15 bits per heavy atom. The van der Waals surface area contributed by atoms with E-state index in [9.17, 15) is 0 Å². The van der Waals surface area contributed by atoms with Gasteiger partial charge in [0.25, 0.3) is 0 Å². The fraction of sp³-hybridized carbons (Fsp3) is 0.611. The van der Waals surface area contributed by atoms with Crippen LogP contribution in [-0.4, -0.2) is 40.1 Å². The molecule has 8 heteroatoms. The molecule has 4 rings (SSSR count). The number of hydrogen-bond donors (Lipinski definition) is 2. The minimum atomic E-state index is 0. The molecule has 0 bridgehead atoms. The molecule has 3 heterocycles. The Balaban J connectivity index is 0.00000121. The first-order valence-electron chi connectivity index (χ1n) is 9.00. The molecule has 2 aromatic heterocycles. The van der Waals surface area contributed by atoms with Crippen LogP contribution in [0.1, 0.15) is 41.4 Å². The highest BCUT2D eigenvalue weighted by molar-refractivity contribution is 5.85. The number of fused-ring (bicyclic) bond motifs is 1. The van der Waals surface area contributed by atoms with Gasteiger partial charge in [-0.15, -0.1) is 24.8 Å². The first kappa shape index (κ1) is 20.9. The molecule has 1 fully saturated rings. The quantitative estimate of drug-likeness (QED) is 0.809. The molecule has 0 radical (unpaired) electrons. The third-order valence-corrected chi connectivity index (χ3v) is 4.88. The first-order chi connectivity index (χ1) is 11.7. The van der Waals surface area contributed by atoms with Crippen LogP contribution in [-0.2, 0) is 25.8 Å². The molecule has 0 amide bonds. The van der Waals surface area contributed by atoms with Gasteiger partial charge in [-0.05, 0) is 38.6 Å². The standard InChI is InChI=1S/C18H26N6.2ClH/c1-12-10-20-17(21-12)11-24(2)18-14-5-7-19-8-6-15(14)22-16(23-18)9-13-3-4-13;;/h10,13,19H,3-9,11H2,1-2H3,(H,20,21);2*1H. The number of imidazole rings is 1. The van der Waals surface area contributed by atoms with E-state index < -0.39 is 0 Å². The van der Waals surface area contributed by atoms with Crippen molar-refractivity contribution in [2.75, 3.05) is 25.0 Å². The van der Waals surface area contributed by atoms with Gasteiger partial charge in [0.05, 0.1) is 12.2 Å². The fourth-order valence-corrected chi connectivity index (χ4v) is 3.41. The average Bonchev–Trinajstić information content (AvgIpc) is 3.32. The molecule has 0 atom stereocenters. The summed E-state index contributed by atoms with van der Waals surface area (Å²) in [7, 11) is 2.11. The highest BCUT2D eigenvalue weighted by Crippen LogP contribution is 2.33. The van der Waals surface area contributed by atoms with E-state index in [4.69, 9.17) is 9.97 Å². The van der Waals surface area contributed by atoms with Gasteiger partial charge in [0.2, 0.25) is 0 Å². The highest BCUT2D eigenvalue weighted by Gasteiger charge is 2.25. The maximum absolute atomic E-state index is 4.96. The lowest BCUT2D eigenvalue weighted by Crippen LogP contribution is -2.23. The van der Waals surface area contributed by atoms with Crippen LogP contribution >= 0.6 is 24.8 Å². The maximum Gasteiger partial charge on any atom is 0.135 e. The summed E-state index contributed by atoms with van der Waals surface area (Å²) in [6.07, 6.45) is 7.57. The number of aromatic amines is 1. The molecule has 2 aliphatic rings. The van der Waals surface area contributed by atoms with Crippen LogP contribution in [0.4, 0.5) is 5.82 Å². The first-order valence-corrected chi connectivity index (χ1v) is 9.00. The average molecular weight is 399 g/mol. The van der Waals surface area contributed by atoms with Crippen molar-refractivity contribution in [3.05, 3.63) is 34.8 Å². The van der Waals surface area contributed by atoms with E-state index in [1.54, 1.807) is 0 Å². The van der Waals surface area contributed by atoms with Crippen molar-refractivity contribution in [2.24, 2.45) is 5.92 Å². The van der Waals surface area contributed by atoms with E-state index in [2.05, 4.69) is 27.2 Å². The zero-order valence-electron chi connectivity index (χ0n) is 15.4. The number of nitrogens with zero attached hydrogens (tertiary/aromatic N) is 4. The van der Waals surface area contributed by atoms with Crippen molar-refractivity contribution in [1.82, 2.24) is 25.3 Å². The Labute approximate surface area is 167 Å². The molecule has 0 unspecified atom stereocenters. The van der Waals surface area contributed by atoms with Gasteiger partial charge in [-0.1, -0.05) is 0 Å². The predicted octanol–water partition coefficient (Wildman–Crippen LogP) is 2.63. The molecule has 0 spiro atoms. The number of aryl methyl sites for hydroxylation is 1. The summed E-state index contributed by atoms with van der Waals surface area (Å²) in [6.45, 7) is 4.78. The minimum absolute atomic E-state index is 0. The van der Waals surface area contributed by atoms with Crippen molar-refractivity contribution in [2.45, 2.75) is 45.6 Å². The summed E-state index contributed by atoms with van der Waals surface area (Å²) < 4.78 is 0. The van der Waals surface area contributed by atoms with Crippen molar-refractivity contribution >= 4 is 30.6 Å². The predicted molar refractivity (Wildman–Crippen MR) is 109 cm³/mol. The topological polar surface area (TPSA) is 69.7 Å². The number of hydrogen-bond acceptors (Lipinski definition) is 5. The maximum atomic E-state index is 4.96. The molecule has 6 nitrogen and oxygen atoms in total. The number of aromatic nitrogens is 4. The summed E-state index contributed by atoms with van der Waals surface area (Å²) in [5, 5.41) is 3.48. The van der Waals surface area contributed by atoms with Gasteiger partial charge in [-0.2, -0.15) is 0 Å². The lowest BCUT2D eigenvalue weighted by atomic mass is 10.1. The van der Waals surface area contributed by atoms with Gasteiger partial charge in [-0.3, -0.25) is 0 Å². The van der Waals surface area contributed by atoms with E-state index in [1.807, 2.05) is 13.1 Å². The van der Waals surface area contributed by atoms with Gasteiger partial charge >= 0.3 is 0 Å². The third kappa shape index (κ3) is 4.87. The van der Waals surface area contributed by atoms with Crippen LogP contribution in [0.5, 0.6) is 0 Å². The Hall–Kier alpha value is -1.37. The minimum Gasteiger partial charge on any atom is -0.352 e. The molecular formula is C18H28Cl2N6. The van der Waals surface area contributed by atoms with Crippen LogP contribution in [0.3, 0.4) is 0 Å². The van der Waals surface area contributed by atoms with Gasteiger partial charge in [-0.25, -0.2) is 15.0 Å². The molecule has 144 valence electrons. The third-order valence-electron chi connectivity index (χ3n) is 4.88. The van der Waals surface area contributed by atoms with Crippen molar-refractivity contribution in [3.63, 3.8) is 0 Å². The smallest absolute Gasteiger partial charge is 0.135 e. The van der Waals surface area contributed by atoms with Gasteiger partial charge in [0.1, 0.15) is 17.5 Å². The molecule has 1 aliphatic heterocycles. The van der Waals surface area contributed by atoms with Crippen molar-refractivity contribution < 1.29 is 0 Å². The van der Waals surface area contributed by atoms with E-state index in [0.717, 1.165) is 68.0 Å². The molecule has 2 N–H and O–H groups in total. The number of halogens is 2. The highest BCUT2D eigenvalue weighted by atomic mass is 35.5. The second kappa shape index (κ2) is 9.02. The second-order valence-electron chi connectivity index (χ2n) is 7.16.